The van der Waals surface area contributed by atoms with Crippen molar-refractivity contribution in [3.05, 3.63) is 24.3 Å². The van der Waals surface area contributed by atoms with Gasteiger partial charge in [0.25, 0.3) is 0 Å². The molecule has 1 aromatic carbocycles. The van der Waals surface area contributed by atoms with Gasteiger partial charge in [-0.2, -0.15) is 0 Å². The van der Waals surface area contributed by atoms with Crippen LogP contribution in [0.1, 0.15) is 19.8 Å². The average Bonchev–Trinajstić information content (AvgIpc) is 2.40. The highest BCUT2D eigenvalue weighted by molar-refractivity contribution is 6.36. The van der Waals surface area contributed by atoms with Gasteiger partial charge in [-0.25, -0.2) is 4.79 Å². The number of nitrogens with zero attached hydrogens (tertiary/aromatic N) is 1. The topological polar surface area (TPSA) is 69.6 Å². The zero-order valence-corrected chi connectivity index (χ0v) is 10.9. The van der Waals surface area contributed by atoms with Crippen LogP contribution in [-0.4, -0.2) is 30.1 Å². The van der Waals surface area contributed by atoms with Crippen molar-refractivity contribution in [2.75, 3.05) is 23.3 Å². The second kappa shape index (κ2) is 5.73. The summed E-state index contributed by atoms with van der Waals surface area (Å²) in [5.74, 6) is -1.71. The highest BCUT2D eigenvalue weighted by Crippen LogP contribution is 2.24. The predicted molar refractivity (Wildman–Crippen MR) is 73.3 cm³/mol. The molecule has 102 valence electrons. The number of carbonyl (C=O) groups is 2. The number of carboxylic acids is 1. The summed E-state index contributed by atoms with van der Waals surface area (Å²) in [5, 5.41) is 10.8. The van der Waals surface area contributed by atoms with Gasteiger partial charge in [-0.05, 0) is 43.0 Å². The highest BCUT2D eigenvalue weighted by atomic mass is 16.4. The summed E-state index contributed by atoms with van der Waals surface area (Å²) >= 11 is 0. The molecule has 0 spiro atoms. The second-order valence-corrected chi connectivity index (χ2v) is 4.98. The van der Waals surface area contributed by atoms with Crippen LogP contribution in [0.25, 0.3) is 0 Å². The summed E-state index contributed by atoms with van der Waals surface area (Å²) in [5.41, 5.74) is 1.61. The number of amides is 1. The third-order valence-electron chi connectivity index (χ3n) is 3.47. The summed E-state index contributed by atoms with van der Waals surface area (Å²) < 4.78 is 0. The normalized spacial score (nSPS) is 16.2. The summed E-state index contributed by atoms with van der Waals surface area (Å²) in [7, 11) is 0. The van der Waals surface area contributed by atoms with E-state index in [1.54, 1.807) is 12.1 Å². The van der Waals surface area contributed by atoms with Crippen molar-refractivity contribution >= 4 is 23.3 Å². The van der Waals surface area contributed by atoms with E-state index >= 15 is 0 Å². The van der Waals surface area contributed by atoms with Gasteiger partial charge >= 0.3 is 11.9 Å². The molecule has 1 fully saturated rings. The van der Waals surface area contributed by atoms with E-state index in [1.165, 1.54) is 12.8 Å². The fraction of sp³-hybridized carbons (Fsp3) is 0.429. The zero-order chi connectivity index (χ0) is 13.8. The SMILES string of the molecule is CC1CCN(c2ccc(NC(=O)C(=O)O)cc2)CC1. The van der Waals surface area contributed by atoms with E-state index in [2.05, 4.69) is 17.1 Å². The summed E-state index contributed by atoms with van der Waals surface area (Å²) in [6, 6.07) is 7.28. The highest BCUT2D eigenvalue weighted by Gasteiger charge is 2.16. The van der Waals surface area contributed by atoms with E-state index in [4.69, 9.17) is 5.11 Å². The standard InChI is InChI=1S/C14H18N2O3/c1-10-6-8-16(9-7-10)12-4-2-11(3-5-12)15-13(17)14(18)19/h2-5,10H,6-9H2,1H3,(H,15,17)(H,18,19). The number of piperidine rings is 1. The zero-order valence-electron chi connectivity index (χ0n) is 10.9. The quantitative estimate of drug-likeness (QED) is 0.799. The third-order valence-corrected chi connectivity index (χ3v) is 3.47. The Bertz CT molecular complexity index is 462. The summed E-state index contributed by atoms with van der Waals surface area (Å²) in [6.07, 6.45) is 2.38. The molecule has 5 nitrogen and oxygen atoms in total. The first-order chi connectivity index (χ1) is 9.06. The van der Waals surface area contributed by atoms with Gasteiger partial charge in [0.2, 0.25) is 0 Å². The molecule has 5 heteroatoms. The Balaban J connectivity index is 1.98. The molecular formula is C14H18N2O3. The van der Waals surface area contributed by atoms with Crippen molar-refractivity contribution in [1.29, 1.82) is 0 Å². The first kappa shape index (κ1) is 13.4. The smallest absolute Gasteiger partial charge is 0.394 e. The maximum atomic E-state index is 11.0. The maximum absolute atomic E-state index is 11.0. The molecular weight excluding hydrogens is 244 g/mol. The lowest BCUT2D eigenvalue weighted by atomic mass is 9.99. The molecule has 0 atom stereocenters. The van der Waals surface area contributed by atoms with Gasteiger partial charge in [0.1, 0.15) is 0 Å². The van der Waals surface area contributed by atoms with Gasteiger partial charge in [0.05, 0.1) is 0 Å². The Morgan fingerprint density at radius 3 is 2.32 bits per heavy atom. The van der Waals surface area contributed by atoms with Crippen LogP contribution >= 0.6 is 0 Å². The van der Waals surface area contributed by atoms with E-state index in [1.807, 2.05) is 12.1 Å². The Kier molecular flexibility index (Phi) is 4.04. The van der Waals surface area contributed by atoms with Crippen LogP contribution in [0.15, 0.2) is 24.3 Å². The van der Waals surface area contributed by atoms with Crippen LogP contribution in [0, 0.1) is 5.92 Å². The number of rotatable bonds is 2. The lowest BCUT2D eigenvalue weighted by Crippen LogP contribution is -2.32. The van der Waals surface area contributed by atoms with Gasteiger partial charge in [-0.3, -0.25) is 4.79 Å². The predicted octanol–water partition coefficient (Wildman–Crippen LogP) is 1.95. The molecule has 1 aliphatic rings. The van der Waals surface area contributed by atoms with Crippen molar-refractivity contribution in [3.8, 4) is 0 Å². The molecule has 1 aliphatic heterocycles. The van der Waals surface area contributed by atoms with Gasteiger partial charge in [0, 0.05) is 24.5 Å². The van der Waals surface area contributed by atoms with Gasteiger partial charge < -0.3 is 15.3 Å². The van der Waals surface area contributed by atoms with Gasteiger partial charge in [0.15, 0.2) is 0 Å². The van der Waals surface area contributed by atoms with Crippen LogP contribution in [0.4, 0.5) is 11.4 Å². The fourth-order valence-corrected chi connectivity index (χ4v) is 2.21. The van der Waals surface area contributed by atoms with Gasteiger partial charge in [-0.15, -0.1) is 0 Å². The number of hydrogen-bond donors (Lipinski definition) is 2. The number of carbonyl (C=O) groups excluding carboxylic acids is 1. The fourth-order valence-electron chi connectivity index (χ4n) is 2.21. The number of aliphatic carboxylic acids is 1. The average molecular weight is 262 g/mol. The minimum absolute atomic E-state index is 0.501. The van der Waals surface area contributed by atoms with E-state index in [0.29, 0.717) is 5.69 Å². The minimum atomic E-state index is -1.48. The van der Waals surface area contributed by atoms with Crippen LogP contribution in [-0.2, 0) is 9.59 Å². The monoisotopic (exact) mass is 262 g/mol. The first-order valence-corrected chi connectivity index (χ1v) is 6.45. The number of benzene rings is 1. The van der Waals surface area contributed by atoms with Crippen molar-refractivity contribution in [2.24, 2.45) is 5.92 Å². The third kappa shape index (κ3) is 3.47. The molecule has 0 unspecified atom stereocenters. The summed E-state index contributed by atoms with van der Waals surface area (Å²) in [6.45, 7) is 4.35. The maximum Gasteiger partial charge on any atom is 0.394 e. The number of nitrogens with one attached hydrogen (secondary N) is 1. The molecule has 2 rings (SSSR count). The van der Waals surface area contributed by atoms with Crippen molar-refractivity contribution in [1.82, 2.24) is 0 Å². The van der Waals surface area contributed by atoms with Crippen molar-refractivity contribution < 1.29 is 14.7 Å². The lowest BCUT2D eigenvalue weighted by Gasteiger charge is -2.32. The summed E-state index contributed by atoms with van der Waals surface area (Å²) in [4.78, 5) is 23.8. The molecule has 19 heavy (non-hydrogen) atoms. The Hall–Kier alpha value is -2.04. The molecule has 2 N–H and O–H groups in total. The number of hydrogen-bond acceptors (Lipinski definition) is 3. The first-order valence-electron chi connectivity index (χ1n) is 6.45. The molecule has 1 aromatic rings. The van der Waals surface area contributed by atoms with Crippen LogP contribution in [0.2, 0.25) is 0 Å². The van der Waals surface area contributed by atoms with Crippen molar-refractivity contribution in [2.45, 2.75) is 19.8 Å². The molecule has 0 bridgehead atoms. The molecule has 0 radical (unpaired) electrons. The number of anilines is 2. The Morgan fingerprint density at radius 1 is 1.21 bits per heavy atom. The number of carboxylic acid groups (broad SMARTS) is 1. The molecule has 0 saturated carbocycles. The van der Waals surface area contributed by atoms with E-state index < -0.39 is 11.9 Å². The molecule has 1 heterocycles. The molecule has 1 saturated heterocycles. The van der Waals surface area contributed by atoms with Crippen LogP contribution in [0.5, 0.6) is 0 Å². The lowest BCUT2D eigenvalue weighted by molar-refractivity contribution is -0.147. The van der Waals surface area contributed by atoms with E-state index in [0.717, 1.165) is 24.7 Å². The van der Waals surface area contributed by atoms with Crippen LogP contribution in [0.3, 0.4) is 0 Å². The minimum Gasteiger partial charge on any atom is -0.474 e. The van der Waals surface area contributed by atoms with E-state index in [9.17, 15) is 9.59 Å². The Morgan fingerprint density at radius 2 is 1.79 bits per heavy atom. The second-order valence-electron chi connectivity index (χ2n) is 4.98. The molecule has 0 aromatic heterocycles. The van der Waals surface area contributed by atoms with Crippen molar-refractivity contribution in [3.63, 3.8) is 0 Å². The van der Waals surface area contributed by atoms with E-state index in [-0.39, 0.29) is 0 Å². The Labute approximate surface area is 112 Å². The van der Waals surface area contributed by atoms with Gasteiger partial charge in [-0.1, -0.05) is 6.92 Å². The molecule has 1 amide bonds. The largest absolute Gasteiger partial charge is 0.474 e. The van der Waals surface area contributed by atoms with Crippen LogP contribution < -0.4 is 10.2 Å². The molecule has 0 aliphatic carbocycles.